The van der Waals surface area contributed by atoms with Crippen LogP contribution in [0.4, 0.5) is 0 Å². The Morgan fingerprint density at radius 3 is 2.72 bits per heavy atom. The molecule has 0 saturated carbocycles. The second-order valence-corrected chi connectivity index (χ2v) is 6.97. The summed E-state index contributed by atoms with van der Waals surface area (Å²) in [6, 6.07) is 15.1. The molecule has 0 bridgehead atoms. The van der Waals surface area contributed by atoms with Crippen LogP contribution in [0.25, 0.3) is 0 Å². The third-order valence-electron chi connectivity index (χ3n) is 4.88. The predicted octanol–water partition coefficient (Wildman–Crippen LogP) is 3.92. The molecular weight excluding hydrogens is 366 g/mol. The smallest absolute Gasteiger partial charge is 0.258 e. The first-order chi connectivity index (χ1) is 14.2. The highest BCUT2D eigenvalue weighted by Gasteiger charge is 2.25. The van der Waals surface area contributed by atoms with E-state index in [4.69, 9.17) is 20.6 Å². The normalized spacial score (nSPS) is 15.5. The van der Waals surface area contributed by atoms with Crippen molar-refractivity contribution in [3.8, 4) is 23.8 Å². The van der Waals surface area contributed by atoms with Gasteiger partial charge in [-0.2, -0.15) is 0 Å². The molecule has 29 heavy (non-hydrogen) atoms. The van der Waals surface area contributed by atoms with Crippen LogP contribution < -0.4 is 9.47 Å². The number of terminal acetylenes is 1. The van der Waals surface area contributed by atoms with Gasteiger partial charge in [0.25, 0.3) is 5.91 Å². The number of para-hydroxylation sites is 1. The molecule has 1 atom stereocenters. The maximum absolute atomic E-state index is 13.3. The van der Waals surface area contributed by atoms with Crippen LogP contribution in [0.15, 0.2) is 48.5 Å². The standard InChI is InChI=1S/C24H27NO4/c1-3-4-15-28-20-13-11-19(12-14-20)17-25(18-21-8-7-16-29-21)24(26)22-9-5-6-10-23(22)27-2/h1,5-6,9-14,21H,4,7-8,15-18H2,2H3. The Labute approximate surface area is 172 Å². The fraction of sp³-hybridized carbons (Fsp3) is 0.375. The van der Waals surface area contributed by atoms with E-state index in [9.17, 15) is 4.79 Å². The number of ether oxygens (including phenoxy) is 3. The molecule has 0 radical (unpaired) electrons. The number of amides is 1. The highest BCUT2D eigenvalue weighted by atomic mass is 16.5. The van der Waals surface area contributed by atoms with Crippen LogP contribution in [0.2, 0.25) is 0 Å². The lowest BCUT2D eigenvalue weighted by Crippen LogP contribution is -2.37. The summed E-state index contributed by atoms with van der Waals surface area (Å²) in [5.74, 6) is 3.84. The SMILES string of the molecule is C#CCCOc1ccc(CN(CC2CCCO2)C(=O)c2ccccc2OC)cc1. The van der Waals surface area contributed by atoms with Crippen molar-refractivity contribution in [3.63, 3.8) is 0 Å². The minimum atomic E-state index is -0.0627. The van der Waals surface area contributed by atoms with Crippen molar-refractivity contribution in [2.45, 2.75) is 31.9 Å². The van der Waals surface area contributed by atoms with Crippen LogP contribution in [0, 0.1) is 12.3 Å². The molecule has 1 unspecified atom stereocenters. The maximum Gasteiger partial charge on any atom is 0.258 e. The molecule has 152 valence electrons. The number of hydrogen-bond acceptors (Lipinski definition) is 4. The van der Waals surface area contributed by atoms with E-state index in [2.05, 4.69) is 5.92 Å². The molecule has 1 heterocycles. The first kappa shape index (κ1) is 20.8. The van der Waals surface area contributed by atoms with Gasteiger partial charge in [0.15, 0.2) is 0 Å². The molecule has 1 amide bonds. The number of hydrogen-bond donors (Lipinski definition) is 0. The molecule has 1 aliphatic heterocycles. The van der Waals surface area contributed by atoms with Gasteiger partial charge in [0.2, 0.25) is 0 Å². The second-order valence-electron chi connectivity index (χ2n) is 6.97. The van der Waals surface area contributed by atoms with E-state index in [0.717, 1.165) is 30.8 Å². The van der Waals surface area contributed by atoms with Gasteiger partial charge in [-0.25, -0.2) is 0 Å². The van der Waals surface area contributed by atoms with E-state index < -0.39 is 0 Å². The highest BCUT2D eigenvalue weighted by Crippen LogP contribution is 2.23. The summed E-state index contributed by atoms with van der Waals surface area (Å²) >= 11 is 0. The molecule has 0 N–H and O–H groups in total. The fourth-order valence-corrected chi connectivity index (χ4v) is 3.38. The van der Waals surface area contributed by atoms with Crippen LogP contribution in [-0.4, -0.2) is 43.8 Å². The Morgan fingerprint density at radius 1 is 1.24 bits per heavy atom. The summed E-state index contributed by atoms with van der Waals surface area (Å²) < 4.78 is 16.8. The average molecular weight is 393 g/mol. The Hall–Kier alpha value is -2.97. The Kier molecular flexibility index (Phi) is 7.54. The van der Waals surface area contributed by atoms with Gasteiger partial charge in [-0.05, 0) is 42.7 Å². The molecular formula is C24H27NO4. The quantitative estimate of drug-likeness (QED) is 0.479. The second kappa shape index (κ2) is 10.5. The van der Waals surface area contributed by atoms with Gasteiger partial charge in [-0.3, -0.25) is 4.79 Å². The van der Waals surface area contributed by atoms with Crippen molar-refractivity contribution < 1.29 is 19.0 Å². The summed E-state index contributed by atoms with van der Waals surface area (Å²) in [6.45, 7) is 2.29. The maximum atomic E-state index is 13.3. The molecule has 2 aromatic rings. The third kappa shape index (κ3) is 5.75. The molecule has 2 aromatic carbocycles. The lowest BCUT2D eigenvalue weighted by atomic mass is 10.1. The van der Waals surface area contributed by atoms with Gasteiger partial charge in [0.05, 0.1) is 25.4 Å². The third-order valence-corrected chi connectivity index (χ3v) is 4.88. The molecule has 5 nitrogen and oxygen atoms in total. The molecule has 0 aromatic heterocycles. The van der Waals surface area contributed by atoms with Gasteiger partial charge in [0, 0.05) is 26.1 Å². The number of nitrogens with zero attached hydrogens (tertiary/aromatic N) is 1. The van der Waals surface area contributed by atoms with Gasteiger partial charge in [-0.1, -0.05) is 24.3 Å². The average Bonchev–Trinajstić information content (AvgIpc) is 3.27. The fourth-order valence-electron chi connectivity index (χ4n) is 3.38. The van der Waals surface area contributed by atoms with Gasteiger partial charge >= 0.3 is 0 Å². The van der Waals surface area contributed by atoms with E-state index in [0.29, 0.717) is 37.4 Å². The first-order valence-corrected chi connectivity index (χ1v) is 9.90. The summed E-state index contributed by atoms with van der Waals surface area (Å²) in [4.78, 5) is 15.1. The Balaban J connectivity index is 1.74. The Bertz CT molecular complexity index is 835. The monoisotopic (exact) mass is 393 g/mol. The van der Waals surface area contributed by atoms with E-state index in [1.807, 2.05) is 41.3 Å². The Morgan fingerprint density at radius 2 is 2.03 bits per heavy atom. The summed E-state index contributed by atoms with van der Waals surface area (Å²) in [5, 5.41) is 0. The molecule has 1 aliphatic rings. The van der Waals surface area contributed by atoms with E-state index in [1.54, 1.807) is 19.2 Å². The number of rotatable bonds is 9. The minimum absolute atomic E-state index is 0.0627. The zero-order chi connectivity index (χ0) is 20.5. The molecule has 1 fully saturated rings. The molecule has 3 rings (SSSR count). The zero-order valence-electron chi connectivity index (χ0n) is 16.8. The molecule has 5 heteroatoms. The molecule has 0 spiro atoms. The summed E-state index contributed by atoms with van der Waals surface area (Å²) in [6.07, 6.45) is 7.89. The van der Waals surface area contributed by atoms with Crippen molar-refractivity contribution in [1.82, 2.24) is 4.90 Å². The van der Waals surface area contributed by atoms with Crippen molar-refractivity contribution in [3.05, 3.63) is 59.7 Å². The lowest BCUT2D eigenvalue weighted by molar-refractivity contribution is 0.0505. The molecule has 0 aliphatic carbocycles. The van der Waals surface area contributed by atoms with Crippen LogP contribution in [0.5, 0.6) is 11.5 Å². The van der Waals surface area contributed by atoms with Gasteiger partial charge < -0.3 is 19.1 Å². The first-order valence-electron chi connectivity index (χ1n) is 9.90. The predicted molar refractivity (Wildman–Crippen MR) is 112 cm³/mol. The minimum Gasteiger partial charge on any atom is -0.496 e. The van der Waals surface area contributed by atoms with Crippen LogP contribution in [-0.2, 0) is 11.3 Å². The number of carbonyl (C=O) groups excluding carboxylic acids is 1. The van der Waals surface area contributed by atoms with Crippen molar-refractivity contribution >= 4 is 5.91 Å². The number of carbonyl (C=O) groups is 1. The van der Waals surface area contributed by atoms with E-state index >= 15 is 0 Å². The van der Waals surface area contributed by atoms with E-state index in [1.165, 1.54) is 0 Å². The molecule has 1 saturated heterocycles. The van der Waals surface area contributed by atoms with Gasteiger partial charge in [-0.15, -0.1) is 12.3 Å². The van der Waals surface area contributed by atoms with Crippen molar-refractivity contribution in [1.29, 1.82) is 0 Å². The highest BCUT2D eigenvalue weighted by molar-refractivity contribution is 5.97. The van der Waals surface area contributed by atoms with Crippen LogP contribution in [0.3, 0.4) is 0 Å². The van der Waals surface area contributed by atoms with Gasteiger partial charge in [0.1, 0.15) is 11.5 Å². The number of benzene rings is 2. The van der Waals surface area contributed by atoms with Crippen molar-refractivity contribution in [2.24, 2.45) is 0 Å². The zero-order valence-corrected chi connectivity index (χ0v) is 16.8. The lowest BCUT2D eigenvalue weighted by Gasteiger charge is -2.26. The van der Waals surface area contributed by atoms with Crippen LogP contribution >= 0.6 is 0 Å². The van der Waals surface area contributed by atoms with Crippen molar-refractivity contribution in [2.75, 3.05) is 26.9 Å². The summed E-state index contributed by atoms with van der Waals surface area (Å²) in [5.41, 5.74) is 1.58. The topological polar surface area (TPSA) is 48.0 Å². The van der Waals surface area contributed by atoms with E-state index in [-0.39, 0.29) is 12.0 Å². The summed E-state index contributed by atoms with van der Waals surface area (Å²) in [7, 11) is 1.58. The van der Waals surface area contributed by atoms with Crippen LogP contribution in [0.1, 0.15) is 35.2 Å². The largest absolute Gasteiger partial charge is 0.496 e. The number of methoxy groups -OCH3 is 1.